The first-order chi connectivity index (χ1) is 17.8. The zero-order chi connectivity index (χ0) is 26.4. The number of halogens is 3. The lowest BCUT2D eigenvalue weighted by atomic mass is 9.92. The molecule has 1 aromatic heterocycles. The zero-order valence-electron chi connectivity index (χ0n) is 20.2. The van der Waals surface area contributed by atoms with Crippen LogP contribution in [0.25, 0.3) is 0 Å². The first-order valence-corrected chi connectivity index (χ1v) is 12.6. The molecule has 0 bridgehead atoms. The molecule has 4 rings (SSSR count). The number of pyridine rings is 1. The van der Waals surface area contributed by atoms with Crippen molar-refractivity contribution >= 4 is 28.7 Å². The number of nitrogens with zero attached hydrogens (tertiary/aromatic N) is 5. The molecule has 0 radical (unpaired) electrons. The topological polar surface area (TPSA) is 88.2 Å². The number of nitriles is 2. The summed E-state index contributed by atoms with van der Waals surface area (Å²) in [5, 5.41) is 21.1. The van der Waals surface area contributed by atoms with E-state index in [1.807, 2.05) is 6.07 Å². The first-order valence-electron chi connectivity index (χ1n) is 12.1. The number of benzene rings is 1. The highest BCUT2D eigenvalue weighted by atomic mass is 32.1. The molecule has 2 aromatic rings. The number of piperazine rings is 1. The summed E-state index contributed by atoms with van der Waals surface area (Å²) in [7, 11) is 0. The van der Waals surface area contributed by atoms with Crippen molar-refractivity contribution in [1.82, 2.24) is 9.88 Å². The number of thiocarbonyl (C=S) groups is 1. The molecular formula is C26H27F3N6OS. The number of hydrogen-bond donors (Lipinski definition) is 1. The van der Waals surface area contributed by atoms with E-state index in [9.17, 15) is 13.2 Å². The molecule has 1 aliphatic carbocycles. The van der Waals surface area contributed by atoms with Gasteiger partial charge in [-0.05, 0) is 56.0 Å². The monoisotopic (exact) mass is 528 g/mol. The minimum atomic E-state index is -4.57. The lowest BCUT2D eigenvalue weighted by Crippen LogP contribution is -2.49. The molecule has 1 aromatic carbocycles. The van der Waals surface area contributed by atoms with Crippen LogP contribution in [0, 0.1) is 22.7 Å². The fraction of sp³-hybridized carbons (Fsp3) is 0.462. The van der Waals surface area contributed by atoms with Crippen molar-refractivity contribution in [3.8, 4) is 12.1 Å². The van der Waals surface area contributed by atoms with Crippen LogP contribution in [-0.4, -0.2) is 59.8 Å². The van der Waals surface area contributed by atoms with Gasteiger partial charge >= 0.3 is 6.18 Å². The van der Waals surface area contributed by atoms with Gasteiger partial charge in [0.15, 0.2) is 0 Å². The Morgan fingerprint density at radius 2 is 1.78 bits per heavy atom. The Hall–Kier alpha value is -3.41. The highest BCUT2D eigenvalue weighted by Crippen LogP contribution is 2.34. The number of ether oxygens (including phenoxy) is 1. The van der Waals surface area contributed by atoms with Crippen molar-refractivity contribution in [2.45, 2.75) is 44.0 Å². The largest absolute Gasteiger partial charge is 0.417 e. The molecule has 0 spiro atoms. The molecule has 1 N–H and O–H groups in total. The van der Waals surface area contributed by atoms with Crippen LogP contribution in [0.4, 0.5) is 24.7 Å². The van der Waals surface area contributed by atoms with Gasteiger partial charge in [0.05, 0.1) is 35.5 Å². The van der Waals surface area contributed by atoms with Crippen LogP contribution < -0.4 is 10.2 Å². The highest BCUT2D eigenvalue weighted by molar-refractivity contribution is 7.80. The van der Waals surface area contributed by atoms with Crippen molar-refractivity contribution in [2.75, 3.05) is 43.0 Å². The van der Waals surface area contributed by atoms with E-state index in [2.05, 4.69) is 26.2 Å². The van der Waals surface area contributed by atoms with Gasteiger partial charge < -0.3 is 19.9 Å². The Balaban J connectivity index is 1.19. The zero-order valence-corrected chi connectivity index (χ0v) is 21.0. The highest BCUT2D eigenvalue weighted by Gasteiger charge is 2.34. The molecule has 2 fully saturated rings. The van der Waals surface area contributed by atoms with E-state index in [0.29, 0.717) is 17.9 Å². The van der Waals surface area contributed by atoms with Gasteiger partial charge in [0.1, 0.15) is 16.9 Å². The molecular weight excluding hydrogens is 501 g/mol. The van der Waals surface area contributed by atoms with E-state index in [1.165, 1.54) is 12.1 Å². The smallest absolute Gasteiger partial charge is 0.382 e. The Morgan fingerprint density at radius 3 is 2.38 bits per heavy atom. The van der Waals surface area contributed by atoms with E-state index in [4.69, 9.17) is 27.5 Å². The van der Waals surface area contributed by atoms with E-state index >= 15 is 0 Å². The summed E-state index contributed by atoms with van der Waals surface area (Å²) in [5.74, 6) is 0.849. The Labute approximate surface area is 219 Å². The maximum absolute atomic E-state index is 13.2. The molecule has 0 unspecified atom stereocenters. The molecule has 1 saturated carbocycles. The van der Waals surface area contributed by atoms with Gasteiger partial charge in [-0.3, -0.25) is 0 Å². The van der Waals surface area contributed by atoms with Gasteiger partial charge in [-0.25, -0.2) is 4.98 Å². The number of rotatable bonds is 6. The van der Waals surface area contributed by atoms with Crippen molar-refractivity contribution in [2.24, 2.45) is 0 Å². The Morgan fingerprint density at radius 1 is 1.05 bits per heavy atom. The van der Waals surface area contributed by atoms with Crippen molar-refractivity contribution in [3.05, 3.63) is 53.2 Å². The van der Waals surface area contributed by atoms with Gasteiger partial charge in [0.25, 0.3) is 0 Å². The Bertz CT molecular complexity index is 1170. The summed E-state index contributed by atoms with van der Waals surface area (Å²) in [6.45, 7) is 3.47. The standard InChI is InChI=1S/C26H27F3N6OS/c27-26(28,29)23-13-21(3-2-19(23)15-31)33-20-4-6-22(7-5-20)36-17-25(37)35-11-9-34(10-12-35)24-8-1-18(14-30)16-32-24/h1-3,8,13,16,20,22,33H,4-7,9-12,17H2/t20-,22-. The lowest BCUT2D eigenvalue weighted by Gasteiger charge is -2.37. The van der Waals surface area contributed by atoms with Crippen molar-refractivity contribution in [1.29, 1.82) is 10.5 Å². The molecule has 1 aliphatic heterocycles. The molecule has 1 saturated heterocycles. The number of aromatic nitrogens is 1. The van der Waals surface area contributed by atoms with Crippen LogP contribution in [0.2, 0.25) is 0 Å². The van der Waals surface area contributed by atoms with E-state index in [1.54, 1.807) is 18.3 Å². The van der Waals surface area contributed by atoms with Gasteiger partial charge in [0.2, 0.25) is 0 Å². The van der Waals surface area contributed by atoms with E-state index in [0.717, 1.165) is 68.7 Å². The normalized spacial score (nSPS) is 20.1. The third-order valence-electron chi connectivity index (χ3n) is 6.77. The number of hydrogen-bond acceptors (Lipinski definition) is 7. The average molecular weight is 529 g/mol. The minimum Gasteiger partial charge on any atom is -0.382 e. The molecule has 11 heteroatoms. The molecule has 37 heavy (non-hydrogen) atoms. The fourth-order valence-electron chi connectivity index (χ4n) is 4.68. The van der Waals surface area contributed by atoms with E-state index < -0.39 is 11.7 Å². The fourth-order valence-corrected chi connectivity index (χ4v) is 4.93. The molecule has 0 atom stereocenters. The lowest BCUT2D eigenvalue weighted by molar-refractivity contribution is -0.137. The molecule has 7 nitrogen and oxygen atoms in total. The van der Waals surface area contributed by atoms with Gasteiger partial charge in [0, 0.05) is 44.1 Å². The van der Waals surface area contributed by atoms with Crippen LogP contribution in [0.3, 0.4) is 0 Å². The van der Waals surface area contributed by atoms with Crippen molar-refractivity contribution in [3.63, 3.8) is 0 Å². The van der Waals surface area contributed by atoms with Crippen LogP contribution >= 0.6 is 12.2 Å². The predicted molar refractivity (Wildman–Crippen MR) is 137 cm³/mol. The molecule has 0 amide bonds. The average Bonchev–Trinajstić information content (AvgIpc) is 2.92. The maximum Gasteiger partial charge on any atom is 0.417 e. The quantitative estimate of drug-likeness (QED) is 0.539. The van der Waals surface area contributed by atoms with Crippen LogP contribution in [0.5, 0.6) is 0 Å². The summed E-state index contributed by atoms with van der Waals surface area (Å²) < 4.78 is 45.8. The summed E-state index contributed by atoms with van der Waals surface area (Å²) in [4.78, 5) is 9.44. The predicted octanol–water partition coefficient (Wildman–Crippen LogP) is 4.73. The maximum atomic E-state index is 13.2. The van der Waals surface area contributed by atoms with Crippen LogP contribution in [0.15, 0.2) is 36.5 Å². The van der Waals surface area contributed by atoms with Gasteiger partial charge in [-0.1, -0.05) is 12.2 Å². The number of anilines is 2. The third kappa shape index (κ3) is 6.88. The molecule has 2 aliphatic rings. The van der Waals surface area contributed by atoms with Crippen molar-refractivity contribution < 1.29 is 17.9 Å². The van der Waals surface area contributed by atoms with Gasteiger partial charge in [-0.15, -0.1) is 0 Å². The summed E-state index contributed by atoms with van der Waals surface area (Å²) in [5.41, 5.74) is -0.388. The summed E-state index contributed by atoms with van der Waals surface area (Å²) in [6, 6.07) is 11.1. The van der Waals surface area contributed by atoms with E-state index in [-0.39, 0.29) is 17.7 Å². The number of nitrogens with one attached hydrogen (secondary N) is 1. The van der Waals surface area contributed by atoms with Crippen LogP contribution in [-0.2, 0) is 10.9 Å². The second kappa shape index (κ2) is 11.8. The SMILES string of the molecule is N#Cc1ccc(N2CCN(C(=S)CO[C@H]3CC[C@H](Nc4ccc(C#N)c(C(F)(F)F)c4)CC3)CC2)nc1. The van der Waals surface area contributed by atoms with Crippen LogP contribution in [0.1, 0.15) is 42.4 Å². The second-order valence-corrected chi connectivity index (χ2v) is 9.65. The second-order valence-electron chi connectivity index (χ2n) is 9.18. The first kappa shape index (κ1) is 26.6. The molecule has 2 heterocycles. The summed E-state index contributed by atoms with van der Waals surface area (Å²) in [6.07, 6.45) is 0.201. The summed E-state index contributed by atoms with van der Waals surface area (Å²) >= 11 is 5.61. The number of alkyl halides is 3. The van der Waals surface area contributed by atoms with Gasteiger partial charge in [-0.2, -0.15) is 23.7 Å². The minimum absolute atomic E-state index is 0.0460. The molecule has 194 valence electrons. The third-order valence-corrected chi connectivity index (χ3v) is 7.14. The Kier molecular flexibility index (Phi) is 8.47.